The fraction of sp³-hybridized carbons (Fsp3) is 0.444. The van der Waals surface area contributed by atoms with E-state index in [-0.39, 0.29) is 18.2 Å². The van der Waals surface area contributed by atoms with Crippen molar-refractivity contribution in [3.05, 3.63) is 82.9 Å². The van der Waals surface area contributed by atoms with Gasteiger partial charge in [-0.15, -0.1) is 0 Å². The molecule has 1 amide bonds. The molecular weight excluding hydrogens is 462 g/mol. The summed E-state index contributed by atoms with van der Waals surface area (Å²) in [5.41, 5.74) is 2.66. The number of nitrogens with zero attached hydrogens (tertiary/aromatic N) is 5. The van der Waals surface area contributed by atoms with Crippen LogP contribution in [0, 0.1) is 0 Å². The van der Waals surface area contributed by atoms with Crippen molar-refractivity contribution < 1.29 is 9.53 Å². The summed E-state index contributed by atoms with van der Waals surface area (Å²) in [6.07, 6.45) is 7.62. The monoisotopic (exact) mass is 495 g/mol. The first-order valence-electron chi connectivity index (χ1n) is 12.1. The second kappa shape index (κ2) is 12.1. The zero-order valence-corrected chi connectivity index (χ0v) is 21.9. The van der Waals surface area contributed by atoms with Gasteiger partial charge >= 0.3 is 6.09 Å². The maximum absolute atomic E-state index is 13.5. The fourth-order valence-corrected chi connectivity index (χ4v) is 4.41. The van der Waals surface area contributed by atoms with Crippen molar-refractivity contribution in [2.45, 2.75) is 78.0 Å². The molecule has 1 saturated heterocycles. The molecule has 0 bridgehead atoms. The molecule has 1 aliphatic rings. The highest BCUT2D eigenvalue weighted by Crippen LogP contribution is 2.43. The van der Waals surface area contributed by atoms with E-state index >= 15 is 0 Å². The summed E-state index contributed by atoms with van der Waals surface area (Å²) in [6.45, 7) is 9.60. The molecule has 35 heavy (non-hydrogen) atoms. The van der Waals surface area contributed by atoms with Crippen LogP contribution < -0.4 is 0 Å². The molecule has 3 aromatic rings. The average Bonchev–Trinajstić information content (AvgIpc) is 2.85. The summed E-state index contributed by atoms with van der Waals surface area (Å²) in [4.78, 5) is 32.9. The van der Waals surface area contributed by atoms with Crippen molar-refractivity contribution in [3.63, 3.8) is 0 Å². The minimum Gasteiger partial charge on any atom is -0.444 e. The van der Waals surface area contributed by atoms with Gasteiger partial charge in [0.2, 0.25) is 0 Å². The molecule has 1 aliphatic heterocycles. The molecule has 2 unspecified atom stereocenters. The molecule has 0 spiro atoms. The summed E-state index contributed by atoms with van der Waals surface area (Å²) >= 11 is 6.50. The van der Waals surface area contributed by atoms with Crippen LogP contribution in [0.4, 0.5) is 4.79 Å². The molecule has 1 fully saturated rings. The highest BCUT2D eigenvalue weighted by Gasteiger charge is 2.40. The van der Waals surface area contributed by atoms with E-state index in [9.17, 15) is 4.79 Å². The van der Waals surface area contributed by atoms with Gasteiger partial charge in [-0.2, -0.15) is 0 Å². The predicted octanol–water partition coefficient (Wildman–Crippen LogP) is 6.74. The van der Waals surface area contributed by atoms with E-state index in [1.165, 1.54) is 6.33 Å². The van der Waals surface area contributed by atoms with E-state index in [1.807, 2.05) is 58.9 Å². The van der Waals surface area contributed by atoms with Gasteiger partial charge in [-0.05, 0) is 70.4 Å². The Labute approximate surface area is 213 Å². The number of ether oxygens (including phenoxy) is 1. The van der Waals surface area contributed by atoms with Crippen LogP contribution in [0.1, 0.15) is 88.7 Å². The maximum atomic E-state index is 13.5. The highest BCUT2D eigenvalue weighted by atomic mass is 35.5. The molecule has 7 nitrogen and oxygen atoms in total. The molecule has 0 aliphatic carbocycles. The Morgan fingerprint density at radius 1 is 1.03 bits per heavy atom. The number of carbonyl (C=O) groups excluding carboxylic acids is 1. The van der Waals surface area contributed by atoms with E-state index in [0.717, 1.165) is 36.3 Å². The van der Waals surface area contributed by atoms with Crippen molar-refractivity contribution in [3.8, 4) is 0 Å². The zero-order valence-electron chi connectivity index (χ0n) is 21.1. The lowest BCUT2D eigenvalue weighted by atomic mass is 9.91. The molecule has 2 atom stereocenters. The SMILES string of the molecule is CC.CC(C)(C)OC(=O)N1C(c2cccc(Cc3ccncn3)n2)CCCC1c1ncccc1Cl. The summed E-state index contributed by atoms with van der Waals surface area (Å²) in [5, 5.41) is 0.544. The van der Waals surface area contributed by atoms with Crippen LogP contribution in [0.25, 0.3) is 0 Å². The minimum absolute atomic E-state index is 0.248. The molecule has 0 aromatic carbocycles. The molecule has 4 heterocycles. The Morgan fingerprint density at radius 3 is 2.49 bits per heavy atom. The Balaban J connectivity index is 0.00000167. The summed E-state index contributed by atoms with van der Waals surface area (Å²) in [7, 11) is 0. The van der Waals surface area contributed by atoms with Crippen LogP contribution >= 0.6 is 11.6 Å². The summed E-state index contributed by atoms with van der Waals surface area (Å²) in [6, 6.07) is 10.9. The number of amides is 1. The van der Waals surface area contributed by atoms with Gasteiger partial charge in [0.25, 0.3) is 0 Å². The van der Waals surface area contributed by atoms with Crippen LogP contribution in [-0.4, -0.2) is 36.5 Å². The van der Waals surface area contributed by atoms with Crippen LogP contribution in [0.5, 0.6) is 0 Å². The van der Waals surface area contributed by atoms with Crippen molar-refractivity contribution in [1.29, 1.82) is 0 Å². The minimum atomic E-state index is -0.625. The largest absolute Gasteiger partial charge is 0.444 e. The molecule has 8 heteroatoms. The Kier molecular flexibility index (Phi) is 9.15. The van der Waals surface area contributed by atoms with Gasteiger partial charge in [0.15, 0.2) is 0 Å². The normalized spacial score (nSPS) is 17.8. The lowest BCUT2D eigenvalue weighted by Gasteiger charge is -2.42. The lowest BCUT2D eigenvalue weighted by Crippen LogP contribution is -2.44. The van der Waals surface area contributed by atoms with Gasteiger partial charge in [-0.25, -0.2) is 14.8 Å². The molecule has 0 N–H and O–H groups in total. The van der Waals surface area contributed by atoms with E-state index in [2.05, 4.69) is 15.0 Å². The van der Waals surface area contributed by atoms with Gasteiger partial charge in [-0.1, -0.05) is 31.5 Å². The molecule has 0 radical (unpaired) electrons. The number of carbonyl (C=O) groups is 1. The predicted molar refractivity (Wildman–Crippen MR) is 137 cm³/mol. The van der Waals surface area contributed by atoms with Crippen LogP contribution in [-0.2, 0) is 11.2 Å². The number of hydrogen-bond donors (Lipinski definition) is 0. The van der Waals surface area contributed by atoms with E-state index in [1.54, 1.807) is 29.4 Å². The summed E-state index contributed by atoms with van der Waals surface area (Å²) < 4.78 is 5.82. The van der Waals surface area contributed by atoms with Crippen molar-refractivity contribution in [2.24, 2.45) is 0 Å². The van der Waals surface area contributed by atoms with E-state index in [4.69, 9.17) is 21.3 Å². The van der Waals surface area contributed by atoms with Gasteiger partial charge < -0.3 is 4.74 Å². The van der Waals surface area contributed by atoms with Crippen molar-refractivity contribution in [2.75, 3.05) is 0 Å². The van der Waals surface area contributed by atoms with Crippen LogP contribution in [0.3, 0.4) is 0 Å². The fourth-order valence-electron chi connectivity index (χ4n) is 4.16. The molecule has 0 saturated carbocycles. The number of piperidine rings is 1. The maximum Gasteiger partial charge on any atom is 0.411 e. The topological polar surface area (TPSA) is 81.1 Å². The number of aromatic nitrogens is 4. The number of hydrogen-bond acceptors (Lipinski definition) is 6. The van der Waals surface area contributed by atoms with Crippen LogP contribution in [0.15, 0.2) is 55.1 Å². The average molecular weight is 496 g/mol. The Hall–Kier alpha value is -3.06. The van der Waals surface area contributed by atoms with Crippen molar-refractivity contribution >= 4 is 17.7 Å². The zero-order chi connectivity index (χ0) is 25.4. The summed E-state index contributed by atoms with van der Waals surface area (Å²) in [5.74, 6) is 0. The first-order valence-corrected chi connectivity index (χ1v) is 12.5. The van der Waals surface area contributed by atoms with E-state index < -0.39 is 5.60 Å². The lowest BCUT2D eigenvalue weighted by molar-refractivity contribution is -0.00795. The van der Waals surface area contributed by atoms with Crippen LogP contribution in [0.2, 0.25) is 5.02 Å². The van der Waals surface area contributed by atoms with Gasteiger partial charge in [0, 0.05) is 30.2 Å². The standard InChI is InChI=1S/C25H28ClN5O2.C2H6/c1-25(2,3)33-24(32)31-21(10-5-11-22(31)23-19(26)8-6-13-28-23)20-9-4-7-18(30-20)15-17-12-14-27-16-29-17;1-2/h4,6-9,12-14,16,21-22H,5,10-11,15H2,1-3H3;1-2H3. The number of halogens is 1. The molecule has 3 aromatic heterocycles. The quantitative estimate of drug-likeness (QED) is 0.398. The highest BCUT2D eigenvalue weighted by molar-refractivity contribution is 6.31. The van der Waals surface area contributed by atoms with Gasteiger partial charge in [0.1, 0.15) is 11.9 Å². The molecule has 186 valence electrons. The third kappa shape index (κ3) is 6.98. The third-order valence-electron chi connectivity index (χ3n) is 5.51. The smallest absolute Gasteiger partial charge is 0.411 e. The molecule has 4 rings (SSSR count). The number of pyridine rings is 2. The first-order chi connectivity index (χ1) is 16.8. The molecular formula is C27H34ClN5O2. The van der Waals surface area contributed by atoms with Gasteiger partial charge in [-0.3, -0.25) is 14.9 Å². The van der Waals surface area contributed by atoms with E-state index in [0.29, 0.717) is 17.1 Å². The van der Waals surface area contributed by atoms with Crippen molar-refractivity contribution in [1.82, 2.24) is 24.8 Å². The first kappa shape index (κ1) is 26.5. The Morgan fingerprint density at radius 2 is 1.80 bits per heavy atom. The van der Waals surface area contributed by atoms with Gasteiger partial charge in [0.05, 0.1) is 28.5 Å². The number of rotatable bonds is 4. The Bertz CT molecular complexity index is 1100. The second-order valence-corrected chi connectivity index (χ2v) is 9.56. The third-order valence-corrected chi connectivity index (χ3v) is 5.83. The second-order valence-electron chi connectivity index (χ2n) is 9.15. The number of likely N-dealkylation sites (tertiary alicyclic amines) is 1.